The van der Waals surface area contributed by atoms with Crippen molar-refractivity contribution in [3.05, 3.63) is 94.5 Å². The number of ether oxygens (including phenoxy) is 2. The van der Waals surface area contributed by atoms with Crippen molar-refractivity contribution in [2.45, 2.75) is 57.8 Å². The Morgan fingerprint density at radius 3 is 2.68 bits per heavy atom. The number of aliphatic imine (C=N–C) groups is 2. The molecule has 0 saturated carbocycles. The molecule has 1 aromatic heterocycles. The number of likely N-dealkylation sites (N-methyl/N-ethyl adjacent to an activating group) is 1. The molecular weight excluding hydrogens is 624 g/mol. The SMILES string of the molecule is [C-]#[N+]C[C@H]1CN(c2nc(OC[C@@H]3CCCN3C)nc3c2CCN(c2cccc4cccc(C)c24)C3)CC[C@H]1N=C=NCc1ccccc1OC. The number of hydrogen-bond donors (Lipinski definition) is 0. The molecule has 10 nitrogen and oxygen atoms in total. The molecule has 3 aliphatic heterocycles. The number of rotatable bonds is 10. The Hall–Kier alpha value is -4.97. The summed E-state index contributed by atoms with van der Waals surface area (Å²) in [5.41, 5.74) is 5.71. The van der Waals surface area contributed by atoms with Gasteiger partial charge in [-0.1, -0.05) is 48.5 Å². The number of fused-ring (bicyclic) bond motifs is 2. The number of para-hydroxylation sites is 1. The van der Waals surface area contributed by atoms with E-state index >= 15 is 0 Å². The van der Waals surface area contributed by atoms with Crippen molar-refractivity contribution in [2.75, 3.05) is 63.3 Å². The fourth-order valence-corrected chi connectivity index (χ4v) is 7.80. The standard InChI is InChI=1S/C40H46N8O2/c1-28-10-7-12-29-13-8-15-36(38(28)29)47-20-17-33-35(25-47)44-40(50-26-32-14-9-19-46(32)3)45-39(33)48-21-18-34(31(24-48)22-41-2)43-27-42-23-30-11-5-6-16-37(30)49-4/h5-8,10-13,15-16,31-32,34H,9,14,17-26H2,1,3-4H3/t31-,32-,34+/m0/s1. The van der Waals surface area contributed by atoms with E-state index in [2.05, 4.69) is 80.9 Å². The van der Waals surface area contributed by atoms with Crippen LogP contribution < -0.4 is 19.3 Å². The molecule has 4 heterocycles. The van der Waals surface area contributed by atoms with Gasteiger partial charge >= 0.3 is 6.01 Å². The molecule has 10 heteroatoms. The molecule has 0 bridgehead atoms. The van der Waals surface area contributed by atoms with Crippen LogP contribution in [0.5, 0.6) is 11.8 Å². The van der Waals surface area contributed by atoms with Crippen molar-refractivity contribution in [2.24, 2.45) is 15.9 Å². The molecule has 0 spiro atoms. The van der Waals surface area contributed by atoms with E-state index in [0.29, 0.717) is 44.8 Å². The van der Waals surface area contributed by atoms with Crippen LogP contribution in [0.4, 0.5) is 11.5 Å². The van der Waals surface area contributed by atoms with Gasteiger partial charge < -0.3 is 29.0 Å². The Morgan fingerprint density at radius 1 is 1.00 bits per heavy atom. The van der Waals surface area contributed by atoms with Gasteiger partial charge in [0.25, 0.3) is 0 Å². The second-order valence-corrected chi connectivity index (χ2v) is 13.7. The number of hydrogen-bond acceptors (Lipinski definition) is 9. The van der Waals surface area contributed by atoms with Crippen LogP contribution in [0.25, 0.3) is 15.6 Å². The minimum absolute atomic E-state index is 0.0295. The summed E-state index contributed by atoms with van der Waals surface area (Å²) in [5.74, 6) is 1.79. The summed E-state index contributed by atoms with van der Waals surface area (Å²) in [6.45, 7) is 15.4. The number of anilines is 2. The van der Waals surface area contributed by atoms with E-state index in [9.17, 15) is 0 Å². The van der Waals surface area contributed by atoms with Crippen LogP contribution in [0.3, 0.4) is 0 Å². The van der Waals surface area contributed by atoms with Gasteiger partial charge in [-0.15, -0.1) is 0 Å². The lowest BCUT2D eigenvalue weighted by Gasteiger charge is -2.38. The molecule has 7 rings (SSSR count). The lowest BCUT2D eigenvalue weighted by molar-refractivity contribution is 0.187. The summed E-state index contributed by atoms with van der Waals surface area (Å²) in [6, 6.07) is 24.7. The zero-order valence-electron chi connectivity index (χ0n) is 29.4. The molecule has 3 atom stereocenters. The van der Waals surface area contributed by atoms with Crippen LogP contribution in [0.15, 0.2) is 70.6 Å². The van der Waals surface area contributed by atoms with E-state index in [-0.39, 0.29) is 12.0 Å². The molecule has 2 fully saturated rings. The number of methoxy groups -OCH3 is 1. The highest BCUT2D eigenvalue weighted by molar-refractivity contribution is 5.97. The van der Waals surface area contributed by atoms with Crippen molar-refractivity contribution >= 4 is 28.3 Å². The highest BCUT2D eigenvalue weighted by Gasteiger charge is 2.35. The van der Waals surface area contributed by atoms with E-state index in [1.807, 2.05) is 24.3 Å². The first-order chi connectivity index (χ1) is 24.5. The second-order valence-electron chi connectivity index (χ2n) is 13.7. The first-order valence-electron chi connectivity index (χ1n) is 17.8. The average molecular weight is 671 g/mol. The van der Waals surface area contributed by atoms with Crippen LogP contribution in [-0.2, 0) is 19.5 Å². The third kappa shape index (κ3) is 7.16. The zero-order valence-corrected chi connectivity index (χ0v) is 29.4. The molecule has 258 valence electrons. The third-order valence-electron chi connectivity index (χ3n) is 10.6. The summed E-state index contributed by atoms with van der Waals surface area (Å²) >= 11 is 0. The Balaban J connectivity index is 1.15. The van der Waals surface area contributed by atoms with Crippen molar-refractivity contribution in [3.8, 4) is 11.8 Å². The summed E-state index contributed by atoms with van der Waals surface area (Å²) < 4.78 is 11.9. The van der Waals surface area contributed by atoms with Crippen molar-refractivity contribution in [3.63, 3.8) is 0 Å². The first-order valence-corrected chi connectivity index (χ1v) is 17.8. The summed E-state index contributed by atoms with van der Waals surface area (Å²) in [7, 11) is 3.83. The molecule has 2 saturated heterocycles. The summed E-state index contributed by atoms with van der Waals surface area (Å²) in [4.78, 5) is 30.4. The molecular formula is C40H46N8O2. The summed E-state index contributed by atoms with van der Waals surface area (Å²) in [6.07, 6.45) is 3.93. The zero-order chi connectivity index (χ0) is 34.5. The van der Waals surface area contributed by atoms with Gasteiger partial charge in [0.2, 0.25) is 6.54 Å². The van der Waals surface area contributed by atoms with E-state index in [4.69, 9.17) is 31.0 Å². The molecule has 0 unspecified atom stereocenters. The van der Waals surface area contributed by atoms with E-state index in [0.717, 1.165) is 61.7 Å². The van der Waals surface area contributed by atoms with Gasteiger partial charge in [-0.2, -0.15) is 9.97 Å². The van der Waals surface area contributed by atoms with Crippen LogP contribution in [-0.4, -0.2) is 86.4 Å². The third-order valence-corrected chi connectivity index (χ3v) is 10.6. The fraction of sp³-hybridized carbons (Fsp3) is 0.450. The number of piperidine rings is 1. The van der Waals surface area contributed by atoms with E-state index < -0.39 is 0 Å². The van der Waals surface area contributed by atoms with Gasteiger partial charge in [0.15, 0.2) is 0 Å². The lowest BCUT2D eigenvalue weighted by Crippen LogP contribution is -2.45. The van der Waals surface area contributed by atoms with Crippen LogP contribution in [0.1, 0.15) is 41.6 Å². The van der Waals surface area contributed by atoms with E-state index in [1.165, 1.54) is 34.0 Å². The largest absolute Gasteiger partial charge is 0.496 e. The van der Waals surface area contributed by atoms with Gasteiger partial charge in [-0.05, 0) is 69.3 Å². The molecule has 3 aliphatic rings. The Labute approximate surface area is 295 Å². The normalized spacial score (nSPS) is 20.6. The monoisotopic (exact) mass is 670 g/mol. The molecule has 0 N–H and O–H groups in total. The second kappa shape index (κ2) is 15.3. The van der Waals surface area contributed by atoms with Crippen LogP contribution >= 0.6 is 0 Å². The number of aromatic nitrogens is 2. The summed E-state index contributed by atoms with van der Waals surface area (Å²) in [5, 5.41) is 2.55. The van der Waals surface area contributed by atoms with E-state index in [1.54, 1.807) is 7.11 Å². The number of likely N-dealkylation sites (tertiary alicyclic amines) is 1. The van der Waals surface area contributed by atoms with Gasteiger partial charge in [0.05, 0.1) is 43.9 Å². The minimum atomic E-state index is -0.0295. The maximum absolute atomic E-state index is 7.74. The quantitative estimate of drug-likeness (QED) is 0.141. The first kappa shape index (κ1) is 33.5. The molecule has 0 radical (unpaired) electrons. The number of nitrogens with zero attached hydrogens (tertiary/aromatic N) is 8. The smallest absolute Gasteiger partial charge is 0.318 e. The topological polar surface area (TPSA) is 83.0 Å². The van der Waals surface area contributed by atoms with Crippen molar-refractivity contribution < 1.29 is 9.47 Å². The highest BCUT2D eigenvalue weighted by atomic mass is 16.5. The predicted octanol–water partition coefficient (Wildman–Crippen LogP) is 6.47. The van der Waals surface area contributed by atoms with Gasteiger partial charge in [-0.25, -0.2) is 16.6 Å². The maximum atomic E-state index is 7.74. The van der Waals surface area contributed by atoms with Crippen LogP contribution in [0.2, 0.25) is 0 Å². The number of aryl methyl sites for hydroxylation is 1. The Bertz CT molecular complexity index is 1930. The maximum Gasteiger partial charge on any atom is 0.318 e. The van der Waals surface area contributed by atoms with Gasteiger partial charge in [0.1, 0.15) is 18.2 Å². The van der Waals surface area contributed by atoms with Gasteiger partial charge in [0, 0.05) is 47.9 Å². The van der Waals surface area contributed by atoms with Gasteiger partial charge in [-0.3, -0.25) is 0 Å². The molecule has 0 aliphatic carbocycles. The molecule has 50 heavy (non-hydrogen) atoms. The Morgan fingerprint density at radius 2 is 1.86 bits per heavy atom. The minimum Gasteiger partial charge on any atom is -0.496 e. The predicted molar refractivity (Wildman–Crippen MR) is 199 cm³/mol. The van der Waals surface area contributed by atoms with Crippen molar-refractivity contribution in [1.29, 1.82) is 0 Å². The Kier molecular flexibility index (Phi) is 10.2. The lowest BCUT2D eigenvalue weighted by atomic mass is 9.92. The van der Waals surface area contributed by atoms with Crippen LogP contribution in [0, 0.1) is 19.4 Å². The molecule has 0 amide bonds. The molecule has 4 aromatic rings. The van der Waals surface area contributed by atoms with Crippen molar-refractivity contribution in [1.82, 2.24) is 14.9 Å². The fourth-order valence-electron chi connectivity index (χ4n) is 7.80. The molecule has 3 aromatic carbocycles. The average Bonchev–Trinajstić information content (AvgIpc) is 3.56. The number of benzene rings is 3. The highest BCUT2D eigenvalue weighted by Crippen LogP contribution is 2.36.